The predicted octanol–water partition coefficient (Wildman–Crippen LogP) is 3.73. The van der Waals surface area contributed by atoms with Gasteiger partial charge in [-0.15, -0.1) is 0 Å². The summed E-state index contributed by atoms with van der Waals surface area (Å²) >= 11 is 5.95. The van der Waals surface area contributed by atoms with Crippen molar-refractivity contribution in [2.45, 2.75) is 6.54 Å². The van der Waals surface area contributed by atoms with E-state index in [1.165, 1.54) is 0 Å². The number of ether oxygens (including phenoxy) is 1. The highest BCUT2D eigenvalue weighted by molar-refractivity contribution is 6.30. The monoisotopic (exact) mass is 274 g/mol. The Kier molecular flexibility index (Phi) is 3.11. The molecule has 0 bridgehead atoms. The Bertz CT molecular complexity index is 691. The van der Waals surface area contributed by atoms with Gasteiger partial charge in [-0.3, -0.25) is 0 Å². The molecule has 0 aliphatic rings. The average Bonchev–Trinajstić information content (AvgIpc) is 2.81. The Labute approximate surface area is 114 Å². The number of nitrogens with zero attached hydrogens (tertiary/aromatic N) is 1. The lowest BCUT2D eigenvalue weighted by Crippen LogP contribution is -1.99. The highest BCUT2D eigenvalue weighted by atomic mass is 35.5. The third kappa shape index (κ3) is 2.41. The highest BCUT2D eigenvalue weighted by Gasteiger charge is 2.10. The Morgan fingerprint density at radius 2 is 2.05 bits per heavy atom. The molecule has 0 atom stereocenters. The van der Waals surface area contributed by atoms with Crippen LogP contribution in [0.4, 0.5) is 0 Å². The van der Waals surface area contributed by atoms with Gasteiger partial charge in [0.2, 0.25) is 0 Å². The molecule has 5 heteroatoms. The van der Waals surface area contributed by atoms with Gasteiger partial charge in [-0.25, -0.2) is 0 Å². The number of benzene rings is 2. The van der Waals surface area contributed by atoms with Gasteiger partial charge in [0, 0.05) is 17.1 Å². The van der Waals surface area contributed by atoms with Crippen LogP contribution in [0.1, 0.15) is 5.56 Å². The summed E-state index contributed by atoms with van der Waals surface area (Å²) in [6.45, 7) is 0.354. The lowest BCUT2D eigenvalue weighted by Gasteiger charge is -2.06. The SMILES string of the molecule is NCc1ccc(Cl)cc1Oc1nc2ccccc2o1. The molecule has 0 radical (unpaired) electrons. The first kappa shape index (κ1) is 12.0. The average molecular weight is 275 g/mol. The molecule has 0 unspecified atom stereocenters. The van der Waals surface area contributed by atoms with Crippen molar-refractivity contribution < 1.29 is 9.15 Å². The highest BCUT2D eigenvalue weighted by Crippen LogP contribution is 2.29. The standard InChI is InChI=1S/C14H11ClN2O2/c15-10-6-5-9(8-16)13(7-10)19-14-17-11-3-1-2-4-12(11)18-14/h1-7H,8,16H2. The Balaban J connectivity index is 1.98. The van der Waals surface area contributed by atoms with Gasteiger partial charge in [0.1, 0.15) is 11.3 Å². The van der Waals surface area contributed by atoms with Crippen molar-refractivity contribution >= 4 is 22.7 Å². The van der Waals surface area contributed by atoms with Crippen molar-refractivity contribution in [3.05, 3.63) is 53.1 Å². The van der Waals surface area contributed by atoms with Crippen molar-refractivity contribution in [1.29, 1.82) is 0 Å². The topological polar surface area (TPSA) is 61.3 Å². The van der Waals surface area contributed by atoms with Crippen LogP contribution in [0.5, 0.6) is 11.8 Å². The molecule has 0 aliphatic heterocycles. The van der Waals surface area contributed by atoms with E-state index in [4.69, 9.17) is 26.5 Å². The number of para-hydroxylation sites is 2. The molecule has 1 heterocycles. The zero-order valence-electron chi connectivity index (χ0n) is 9.97. The van der Waals surface area contributed by atoms with Crippen LogP contribution in [-0.4, -0.2) is 4.98 Å². The molecule has 0 saturated heterocycles. The molecule has 19 heavy (non-hydrogen) atoms. The van der Waals surface area contributed by atoms with Gasteiger partial charge in [0.05, 0.1) is 0 Å². The summed E-state index contributed by atoms with van der Waals surface area (Å²) in [5, 5.41) is 0.573. The molecule has 0 fully saturated rings. The largest absolute Gasteiger partial charge is 0.411 e. The van der Waals surface area contributed by atoms with Crippen LogP contribution >= 0.6 is 11.6 Å². The molecule has 4 nitrogen and oxygen atoms in total. The van der Waals surface area contributed by atoms with E-state index in [-0.39, 0.29) is 6.08 Å². The lowest BCUT2D eigenvalue weighted by atomic mass is 10.2. The first-order chi connectivity index (χ1) is 9.26. The molecule has 0 amide bonds. The summed E-state index contributed by atoms with van der Waals surface area (Å²) in [7, 11) is 0. The summed E-state index contributed by atoms with van der Waals surface area (Å²) in [4.78, 5) is 4.24. The van der Waals surface area contributed by atoms with Crippen molar-refractivity contribution in [3.8, 4) is 11.8 Å². The molecule has 2 aromatic carbocycles. The molecule has 0 aliphatic carbocycles. The van der Waals surface area contributed by atoms with E-state index in [1.54, 1.807) is 12.1 Å². The summed E-state index contributed by atoms with van der Waals surface area (Å²) in [5.41, 5.74) is 7.91. The first-order valence-electron chi connectivity index (χ1n) is 5.78. The van der Waals surface area contributed by atoms with E-state index in [1.807, 2.05) is 30.3 Å². The fourth-order valence-electron chi connectivity index (χ4n) is 1.78. The number of nitrogens with two attached hydrogens (primary N) is 1. The Morgan fingerprint density at radius 1 is 1.21 bits per heavy atom. The van der Waals surface area contributed by atoms with Crippen LogP contribution < -0.4 is 10.5 Å². The van der Waals surface area contributed by atoms with Crippen LogP contribution in [0.3, 0.4) is 0 Å². The molecular weight excluding hydrogens is 264 g/mol. The van der Waals surface area contributed by atoms with Gasteiger partial charge in [-0.2, -0.15) is 4.98 Å². The quantitative estimate of drug-likeness (QED) is 0.790. The van der Waals surface area contributed by atoms with E-state index < -0.39 is 0 Å². The smallest absolute Gasteiger partial charge is 0.400 e. The van der Waals surface area contributed by atoms with Crippen molar-refractivity contribution in [3.63, 3.8) is 0 Å². The second-order valence-corrected chi connectivity index (χ2v) is 4.44. The van der Waals surface area contributed by atoms with E-state index in [2.05, 4.69) is 4.98 Å². The third-order valence-corrected chi connectivity index (χ3v) is 2.96. The molecule has 0 saturated carbocycles. The number of hydrogen-bond acceptors (Lipinski definition) is 4. The fourth-order valence-corrected chi connectivity index (χ4v) is 1.94. The number of rotatable bonds is 3. The minimum atomic E-state index is 0.179. The maximum Gasteiger partial charge on any atom is 0.400 e. The van der Waals surface area contributed by atoms with E-state index >= 15 is 0 Å². The molecule has 96 valence electrons. The predicted molar refractivity (Wildman–Crippen MR) is 73.4 cm³/mol. The van der Waals surface area contributed by atoms with Crippen LogP contribution in [0.25, 0.3) is 11.1 Å². The fraction of sp³-hybridized carbons (Fsp3) is 0.0714. The number of fused-ring (bicyclic) bond motifs is 1. The van der Waals surface area contributed by atoms with Crippen molar-refractivity contribution in [2.75, 3.05) is 0 Å². The summed E-state index contributed by atoms with van der Waals surface area (Å²) in [6, 6.07) is 12.7. The number of halogens is 1. The minimum absolute atomic E-state index is 0.179. The summed E-state index contributed by atoms with van der Waals surface area (Å²) < 4.78 is 11.1. The van der Waals surface area contributed by atoms with Gasteiger partial charge in [0.15, 0.2) is 5.58 Å². The third-order valence-electron chi connectivity index (χ3n) is 2.72. The van der Waals surface area contributed by atoms with Gasteiger partial charge < -0.3 is 14.9 Å². The van der Waals surface area contributed by atoms with E-state index in [0.717, 1.165) is 11.1 Å². The molecule has 3 aromatic rings. The summed E-state index contributed by atoms with van der Waals surface area (Å²) in [5.74, 6) is 0.557. The molecule has 1 aromatic heterocycles. The first-order valence-corrected chi connectivity index (χ1v) is 6.16. The van der Waals surface area contributed by atoms with Gasteiger partial charge in [0.25, 0.3) is 0 Å². The number of aromatic nitrogens is 1. The Hall–Kier alpha value is -2.04. The van der Waals surface area contributed by atoms with Crippen molar-refractivity contribution in [1.82, 2.24) is 4.98 Å². The van der Waals surface area contributed by atoms with Crippen LogP contribution in [-0.2, 0) is 6.54 Å². The van der Waals surface area contributed by atoms with Gasteiger partial charge >= 0.3 is 6.08 Å². The number of oxazole rings is 1. The van der Waals surface area contributed by atoms with Gasteiger partial charge in [-0.05, 0) is 24.3 Å². The van der Waals surface area contributed by atoms with Crippen LogP contribution in [0.2, 0.25) is 5.02 Å². The molecule has 3 rings (SSSR count). The molecule has 2 N–H and O–H groups in total. The number of hydrogen-bond donors (Lipinski definition) is 1. The Morgan fingerprint density at radius 3 is 2.84 bits per heavy atom. The normalized spacial score (nSPS) is 10.8. The summed E-state index contributed by atoms with van der Waals surface area (Å²) in [6.07, 6.45) is 0.179. The second-order valence-electron chi connectivity index (χ2n) is 4.01. The zero-order valence-corrected chi connectivity index (χ0v) is 10.7. The van der Waals surface area contributed by atoms with Crippen molar-refractivity contribution in [2.24, 2.45) is 5.73 Å². The maximum absolute atomic E-state index is 5.95. The second kappa shape index (κ2) is 4.91. The molecule has 0 spiro atoms. The lowest BCUT2D eigenvalue weighted by molar-refractivity contribution is 0.340. The van der Waals surface area contributed by atoms with Gasteiger partial charge in [-0.1, -0.05) is 29.8 Å². The zero-order chi connectivity index (χ0) is 13.2. The van der Waals surface area contributed by atoms with Crippen LogP contribution in [0.15, 0.2) is 46.9 Å². The minimum Gasteiger partial charge on any atom is -0.411 e. The maximum atomic E-state index is 5.95. The molecular formula is C14H11ClN2O2. The van der Waals surface area contributed by atoms with E-state index in [0.29, 0.717) is 22.9 Å². The van der Waals surface area contributed by atoms with E-state index in [9.17, 15) is 0 Å². The van der Waals surface area contributed by atoms with Crippen LogP contribution in [0, 0.1) is 0 Å².